The summed E-state index contributed by atoms with van der Waals surface area (Å²) >= 11 is 0. The van der Waals surface area contributed by atoms with Gasteiger partial charge in [0, 0.05) is 11.1 Å². The molecule has 0 bridgehead atoms. The van der Waals surface area contributed by atoms with Crippen LogP contribution in [0.25, 0.3) is 11.1 Å². The number of allylic oxidation sites excluding steroid dienone is 3. The second-order valence-corrected chi connectivity index (χ2v) is 5.30. The van der Waals surface area contributed by atoms with Crippen molar-refractivity contribution in [3.8, 4) is 5.75 Å². The second kappa shape index (κ2) is 6.02. The Morgan fingerprint density at radius 3 is 2.77 bits per heavy atom. The molecule has 0 saturated carbocycles. The maximum absolute atomic E-state index is 13.4. The first-order valence-corrected chi connectivity index (χ1v) is 7.25. The molecule has 0 atom stereocenters. The van der Waals surface area contributed by atoms with Gasteiger partial charge in [-0.3, -0.25) is 0 Å². The smallest absolute Gasteiger partial charge is 0.134 e. The molecule has 0 N–H and O–H groups in total. The molecule has 110 valence electrons. The Labute approximate surface area is 130 Å². The van der Waals surface area contributed by atoms with Crippen molar-refractivity contribution in [3.63, 3.8) is 0 Å². The van der Waals surface area contributed by atoms with Gasteiger partial charge >= 0.3 is 0 Å². The maximum atomic E-state index is 13.4. The minimum absolute atomic E-state index is 0.267. The molecule has 0 amide bonds. The zero-order chi connectivity index (χ0) is 15.5. The minimum Gasteiger partial charge on any atom is -0.464 e. The van der Waals surface area contributed by atoms with Crippen LogP contribution in [0.1, 0.15) is 23.1 Å². The maximum Gasteiger partial charge on any atom is 0.134 e. The molecule has 1 heterocycles. The zero-order valence-corrected chi connectivity index (χ0v) is 12.3. The summed E-state index contributed by atoms with van der Waals surface area (Å²) in [5.41, 5.74) is 4.61. The van der Waals surface area contributed by atoms with Gasteiger partial charge in [-0.15, -0.1) is 6.58 Å². The van der Waals surface area contributed by atoms with Gasteiger partial charge < -0.3 is 4.74 Å². The summed E-state index contributed by atoms with van der Waals surface area (Å²) in [5.74, 6) is 0.518. The Morgan fingerprint density at radius 1 is 1.14 bits per heavy atom. The van der Waals surface area contributed by atoms with Gasteiger partial charge in [0.2, 0.25) is 0 Å². The van der Waals surface area contributed by atoms with Crippen LogP contribution in [0, 0.1) is 5.82 Å². The van der Waals surface area contributed by atoms with Gasteiger partial charge in [0.05, 0.1) is 6.26 Å². The van der Waals surface area contributed by atoms with Gasteiger partial charge in [-0.2, -0.15) is 0 Å². The predicted molar refractivity (Wildman–Crippen MR) is 89.0 cm³/mol. The van der Waals surface area contributed by atoms with Gasteiger partial charge in [-0.25, -0.2) is 4.39 Å². The molecule has 1 aliphatic heterocycles. The first-order chi connectivity index (χ1) is 10.7. The van der Waals surface area contributed by atoms with Gasteiger partial charge in [0.15, 0.2) is 0 Å². The summed E-state index contributed by atoms with van der Waals surface area (Å²) in [6.07, 6.45) is 5.41. The van der Waals surface area contributed by atoms with Crippen molar-refractivity contribution >= 4 is 11.1 Å². The summed E-state index contributed by atoms with van der Waals surface area (Å²) in [4.78, 5) is 0. The SMILES string of the molecule is C=CCCc1ccc2c(c1)C(=C)C(c1cccc(F)c1)=CO2. The summed E-state index contributed by atoms with van der Waals surface area (Å²) in [5, 5.41) is 0. The quantitative estimate of drug-likeness (QED) is 0.686. The second-order valence-electron chi connectivity index (χ2n) is 5.30. The highest BCUT2D eigenvalue weighted by atomic mass is 19.1. The van der Waals surface area contributed by atoms with Crippen molar-refractivity contribution in [3.05, 3.63) is 90.5 Å². The third-order valence-corrected chi connectivity index (χ3v) is 3.77. The van der Waals surface area contributed by atoms with E-state index in [2.05, 4.69) is 25.3 Å². The van der Waals surface area contributed by atoms with E-state index in [0.29, 0.717) is 0 Å². The van der Waals surface area contributed by atoms with Gasteiger partial charge in [0.1, 0.15) is 11.6 Å². The van der Waals surface area contributed by atoms with Crippen molar-refractivity contribution in [1.82, 2.24) is 0 Å². The van der Waals surface area contributed by atoms with E-state index < -0.39 is 0 Å². The number of benzene rings is 2. The average Bonchev–Trinajstić information content (AvgIpc) is 2.53. The predicted octanol–water partition coefficient (Wildman–Crippen LogP) is 5.39. The standard InChI is InChI=1S/C20H17FO/c1-3-4-6-15-9-10-20-18(11-15)14(2)19(13-22-20)16-7-5-8-17(21)12-16/h3,5,7-13H,1-2,4,6H2. The monoisotopic (exact) mass is 292 g/mol. The lowest BCUT2D eigenvalue weighted by Gasteiger charge is -2.21. The Morgan fingerprint density at radius 2 is 2.00 bits per heavy atom. The Balaban J connectivity index is 1.95. The molecule has 1 nitrogen and oxygen atoms in total. The van der Waals surface area contributed by atoms with Gasteiger partial charge in [-0.05, 0) is 53.8 Å². The lowest BCUT2D eigenvalue weighted by Crippen LogP contribution is -2.02. The highest BCUT2D eigenvalue weighted by molar-refractivity contribution is 6.06. The molecule has 0 aliphatic carbocycles. The Kier molecular flexibility index (Phi) is 3.92. The number of rotatable bonds is 4. The normalized spacial score (nSPS) is 13.1. The average molecular weight is 292 g/mol. The minimum atomic E-state index is -0.267. The summed E-state index contributed by atoms with van der Waals surface area (Å²) < 4.78 is 19.1. The molecule has 0 aromatic heterocycles. The van der Waals surface area contributed by atoms with Crippen LogP contribution < -0.4 is 4.74 Å². The van der Waals surface area contributed by atoms with E-state index in [0.717, 1.165) is 40.9 Å². The van der Waals surface area contributed by atoms with Crippen LogP contribution in [0.15, 0.2) is 68.0 Å². The molecule has 0 saturated heterocycles. The van der Waals surface area contributed by atoms with E-state index in [-0.39, 0.29) is 5.82 Å². The lowest BCUT2D eigenvalue weighted by molar-refractivity contribution is 0.478. The lowest BCUT2D eigenvalue weighted by atomic mass is 9.91. The molecule has 1 aliphatic rings. The van der Waals surface area contributed by atoms with Gasteiger partial charge in [0.25, 0.3) is 0 Å². The fourth-order valence-corrected chi connectivity index (χ4v) is 2.58. The first kappa shape index (κ1) is 14.3. The molecule has 0 radical (unpaired) electrons. The van der Waals surface area contributed by atoms with Crippen LogP contribution in [0.5, 0.6) is 5.75 Å². The van der Waals surface area contributed by atoms with Crippen molar-refractivity contribution in [2.75, 3.05) is 0 Å². The fourth-order valence-electron chi connectivity index (χ4n) is 2.58. The largest absolute Gasteiger partial charge is 0.464 e. The number of hydrogen-bond donors (Lipinski definition) is 0. The van der Waals surface area contributed by atoms with E-state index in [1.54, 1.807) is 12.3 Å². The Bertz CT molecular complexity index is 771. The van der Waals surface area contributed by atoms with Crippen LogP contribution in [-0.4, -0.2) is 0 Å². The van der Waals surface area contributed by atoms with E-state index in [1.165, 1.54) is 17.7 Å². The molecule has 0 spiro atoms. The van der Waals surface area contributed by atoms with E-state index in [4.69, 9.17) is 4.74 Å². The van der Waals surface area contributed by atoms with E-state index in [1.807, 2.05) is 18.2 Å². The molecular formula is C20H17FO. The van der Waals surface area contributed by atoms with Crippen LogP contribution in [0.3, 0.4) is 0 Å². The van der Waals surface area contributed by atoms with Crippen molar-refractivity contribution in [1.29, 1.82) is 0 Å². The topological polar surface area (TPSA) is 9.23 Å². The van der Waals surface area contributed by atoms with Crippen molar-refractivity contribution < 1.29 is 9.13 Å². The van der Waals surface area contributed by atoms with E-state index in [9.17, 15) is 4.39 Å². The number of hydrogen-bond acceptors (Lipinski definition) is 1. The molecule has 2 heteroatoms. The third kappa shape index (κ3) is 2.73. The van der Waals surface area contributed by atoms with Crippen LogP contribution in [0.4, 0.5) is 4.39 Å². The number of halogens is 1. The summed E-state index contributed by atoms with van der Waals surface area (Å²) in [7, 11) is 0. The third-order valence-electron chi connectivity index (χ3n) is 3.77. The molecule has 2 aromatic rings. The highest BCUT2D eigenvalue weighted by Gasteiger charge is 2.19. The molecule has 3 rings (SSSR count). The molecule has 0 fully saturated rings. The van der Waals surface area contributed by atoms with Gasteiger partial charge in [-0.1, -0.05) is 30.9 Å². The highest BCUT2D eigenvalue weighted by Crippen LogP contribution is 2.39. The molecular weight excluding hydrogens is 275 g/mol. The number of ether oxygens (including phenoxy) is 1. The zero-order valence-electron chi connectivity index (χ0n) is 12.3. The Hall–Kier alpha value is -2.61. The van der Waals surface area contributed by atoms with Crippen LogP contribution >= 0.6 is 0 Å². The van der Waals surface area contributed by atoms with Crippen LogP contribution in [0.2, 0.25) is 0 Å². The van der Waals surface area contributed by atoms with Crippen molar-refractivity contribution in [2.24, 2.45) is 0 Å². The molecule has 22 heavy (non-hydrogen) atoms. The first-order valence-electron chi connectivity index (χ1n) is 7.25. The van der Waals surface area contributed by atoms with Crippen LogP contribution in [-0.2, 0) is 6.42 Å². The number of fused-ring (bicyclic) bond motifs is 1. The summed E-state index contributed by atoms with van der Waals surface area (Å²) in [6, 6.07) is 12.6. The summed E-state index contributed by atoms with van der Waals surface area (Å²) in [6.45, 7) is 7.92. The van der Waals surface area contributed by atoms with E-state index >= 15 is 0 Å². The fraction of sp³-hybridized carbons (Fsp3) is 0.100. The molecule has 2 aromatic carbocycles. The molecule has 0 unspecified atom stereocenters. The van der Waals surface area contributed by atoms with Crippen molar-refractivity contribution in [2.45, 2.75) is 12.8 Å². The number of aryl methyl sites for hydroxylation is 1.